The Balaban J connectivity index is 2.12. The third-order valence-electron chi connectivity index (χ3n) is 2.97. The number of aliphatic hydroxyl groups is 1. The fourth-order valence-electron chi connectivity index (χ4n) is 2.16. The molecule has 1 N–H and O–H groups in total. The number of benzene rings is 1. The minimum absolute atomic E-state index is 0.405. The van der Waals surface area contributed by atoms with Crippen LogP contribution in [-0.4, -0.2) is 28.5 Å². The van der Waals surface area contributed by atoms with Crippen molar-refractivity contribution < 1.29 is 5.11 Å². The second-order valence-corrected chi connectivity index (χ2v) is 4.34. The number of rotatable bonds is 0. The normalized spacial score (nSPS) is 23.5. The topological polar surface area (TPSA) is 35.8 Å². The van der Waals surface area contributed by atoms with Gasteiger partial charge in [0.2, 0.25) is 0 Å². The van der Waals surface area contributed by atoms with Gasteiger partial charge in [-0.05, 0) is 18.6 Å². The lowest BCUT2D eigenvalue weighted by molar-refractivity contribution is 0.245. The average molecular weight is 223 g/mol. The van der Waals surface area contributed by atoms with Crippen LogP contribution in [0.4, 0.5) is 5.69 Å². The quantitative estimate of drug-likeness (QED) is 0.729. The maximum absolute atomic E-state index is 9.71. The van der Waals surface area contributed by atoms with Gasteiger partial charge in [0.1, 0.15) is 11.9 Å². The number of aliphatic imine (C=N–C) groups is 1. The highest BCUT2D eigenvalue weighted by molar-refractivity contribution is 6.31. The molecule has 2 aliphatic heterocycles. The molecular weight excluding hydrogens is 212 g/mol. The van der Waals surface area contributed by atoms with Crippen LogP contribution in [0.3, 0.4) is 0 Å². The van der Waals surface area contributed by atoms with E-state index in [0.29, 0.717) is 0 Å². The molecule has 78 valence electrons. The molecule has 0 spiro atoms. The number of nitrogens with zero attached hydrogens (tertiary/aromatic N) is 2. The van der Waals surface area contributed by atoms with Crippen molar-refractivity contribution in [3.63, 3.8) is 0 Å². The SMILES string of the molecule is OC1CCN2Cc3c(Cl)cccc3N=C12. The summed E-state index contributed by atoms with van der Waals surface area (Å²) in [5.41, 5.74) is 1.96. The number of hydrogen-bond acceptors (Lipinski definition) is 3. The lowest BCUT2D eigenvalue weighted by Crippen LogP contribution is -2.31. The lowest BCUT2D eigenvalue weighted by atomic mass is 10.1. The summed E-state index contributed by atoms with van der Waals surface area (Å²) in [6.45, 7) is 1.63. The van der Waals surface area contributed by atoms with E-state index in [2.05, 4.69) is 9.89 Å². The Morgan fingerprint density at radius 1 is 1.47 bits per heavy atom. The number of amidine groups is 1. The van der Waals surface area contributed by atoms with Crippen molar-refractivity contribution in [3.8, 4) is 0 Å². The molecule has 2 heterocycles. The first kappa shape index (κ1) is 9.19. The molecule has 3 nitrogen and oxygen atoms in total. The van der Waals surface area contributed by atoms with Crippen LogP contribution in [-0.2, 0) is 6.54 Å². The summed E-state index contributed by atoms with van der Waals surface area (Å²) < 4.78 is 0. The van der Waals surface area contributed by atoms with Crippen LogP contribution in [0.5, 0.6) is 0 Å². The Kier molecular flexibility index (Phi) is 1.97. The maximum atomic E-state index is 9.71. The van der Waals surface area contributed by atoms with Gasteiger partial charge >= 0.3 is 0 Å². The van der Waals surface area contributed by atoms with E-state index < -0.39 is 6.10 Å². The maximum Gasteiger partial charge on any atom is 0.134 e. The summed E-state index contributed by atoms with van der Waals surface area (Å²) in [5.74, 6) is 0.796. The smallest absolute Gasteiger partial charge is 0.134 e. The molecule has 1 fully saturated rings. The van der Waals surface area contributed by atoms with Gasteiger partial charge in [0.15, 0.2) is 0 Å². The Bertz CT molecular complexity index is 444. The summed E-state index contributed by atoms with van der Waals surface area (Å²) in [7, 11) is 0. The molecule has 0 saturated carbocycles. The van der Waals surface area contributed by atoms with Crippen LogP contribution < -0.4 is 0 Å². The Hall–Kier alpha value is -1.06. The number of fused-ring (bicyclic) bond motifs is 2. The fraction of sp³-hybridized carbons (Fsp3) is 0.364. The van der Waals surface area contributed by atoms with Crippen LogP contribution in [0.15, 0.2) is 23.2 Å². The highest BCUT2D eigenvalue weighted by atomic mass is 35.5. The summed E-state index contributed by atoms with van der Waals surface area (Å²) in [6.07, 6.45) is 0.363. The molecule has 0 amide bonds. The molecule has 1 aromatic carbocycles. The van der Waals surface area contributed by atoms with Crippen LogP contribution in [0.25, 0.3) is 0 Å². The predicted octanol–water partition coefficient (Wildman–Crippen LogP) is 1.95. The number of hydrogen-bond donors (Lipinski definition) is 1. The molecule has 0 aliphatic carbocycles. The van der Waals surface area contributed by atoms with Crippen molar-refractivity contribution in [2.24, 2.45) is 4.99 Å². The van der Waals surface area contributed by atoms with Gasteiger partial charge in [0, 0.05) is 23.7 Å². The van der Waals surface area contributed by atoms with E-state index in [1.54, 1.807) is 0 Å². The standard InChI is InChI=1S/C11H11ClN2O/c12-8-2-1-3-9-7(8)6-14-5-4-10(15)11(14)13-9/h1-3,10,15H,4-6H2. The van der Waals surface area contributed by atoms with E-state index in [9.17, 15) is 5.11 Å². The van der Waals surface area contributed by atoms with E-state index in [-0.39, 0.29) is 0 Å². The van der Waals surface area contributed by atoms with Crippen molar-refractivity contribution in [3.05, 3.63) is 28.8 Å². The Morgan fingerprint density at radius 3 is 3.20 bits per heavy atom. The Morgan fingerprint density at radius 2 is 2.33 bits per heavy atom. The minimum atomic E-state index is -0.405. The van der Waals surface area contributed by atoms with E-state index in [0.717, 1.165) is 41.6 Å². The van der Waals surface area contributed by atoms with Gasteiger partial charge in [-0.1, -0.05) is 17.7 Å². The first-order chi connectivity index (χ1) is 7.25. The second-order valence-electron chi connectivity index (χ2n) is 3.93. The molecule has 0 bridgehead atoms. The molecule has 1 saturated heterocycles. The van der Waals surface area contributed by atoms with Gasteiger partial charge in [-0.3, -0.25) is 0 Å². The van der Waals surface area contributed by atoms with Gasteiger partial charge in [0.25, 0.3) is 0 Å². The van der Waals surface area contributed by atoms with Gasteiger partial charge in [-0.2, -0.15) is 0 Å². The van der Waals surface area contributed by atoms with Crippen molar-refractivity contribution in [1.82, 2.24) is 4.90 Å². The van der Waals surface area contributed by atoms with Crippen LogP contribution in [0, 0.1) is 0 Å². The first-order valence-corrected chi connectivity index (χ1v) is 5.42. The summed E-state index contributed by atoms with van der Waals surface area (Å²) in [4.78, 5) is 6.55. The third-order valence-corrected chi connectivity index (χ3v) is 3.33. The fourth-order valence-corrected chi connectivity index (χ4v) is 2.39. The van der Waals surface area contributed by atoms with E-state index in [1.165, 1.54) is 0 Å². The Labute approximate surface area is 93.0 Å². The first-order valence-electron chi connectivity index (χ1n) is 5.04. The molecule has 1 aromatic rings. The molecule has 1 unspecified atom stereocenters. The van der Waals surface area contributed by atoms with Crippen molar-refractivity contribution in [2.45, 2.75) is 19.1 Å². The molecule has 15 heavy (non-hydrogen) atoms. The van der Waals surface area contributed by atoms with Crippen LogP contribution in [0.1, 0.15) is 12.0 Å². The molecule has 0 radical (unpaired) electrons. The monoisotopic (exact) mass is 222 g/mol. The highest BCUT2D eigenvalue weighted by Crippen LogP contribution is 2.34. The number of halogens is 1. The lowest BCUT2D eigenvalue weighted by Gasteiger charge is -2.25. The summed E-state index contributed by atoms with van der Waals surface area (Å²) in [5, 5.41) is 10.5. The summed E-state index contributed by atoms with van der Waals surface area (Å²) in [6, 6.07) is 5.71. The second kappa shape index (κ2) is 3.22. The van der Waals surface area contributed by atoms with E-state index in [4.69, 9.17) is 11.6 Å². The van der Waals surface area contributed by atoms with E-state index in [1.807, 2.05) is 18.2 Å². The van der Waals surface area contributed by atoms with E-state index >= 15 is 0 Å². The molecule has 2 aliphatic rings. The highest BCUT2D eigenvalue weighted by Gasteiger charge is 2.31. The molecule has 0 aromatic heterocycles. The van der Waals surface area contributed by atoms with Crippen molar-refractivity contribution >= 4 is 23.1 Å². The zero-order valence-corrected chi connectivity index (χ0v) is 8.91. The molecule has 4 heteroatoms. The summed E-state index contributed by atoms with van der Waals surface area (Å²) >= 11 is 6.11. The molecule has 3 rings (SSSR count). The number of aliphatic hydroxyl groups excluding tert-OH is 1. The largest absolute Gasteiger partial charge is 0.385 e. The molecular formula is C11H11ClN2O. The third kappa shape index (κ3) is 1.34. The zero-order valence-electron chi connectivity index (χ0n) is 8.15. The zero-order chi connectivity index (χ0) is 10.4. The van der Waals surface area contributed by atoms with Gasteiger partial charge < -0.3 is 10.0 Å². The van der Waals surface area contributed by atoms with Gasteiger partial charge in [0.05, 0.1) is 5.69 Å². The molecule has 1 atom stereocenters. The predicted molar refractivity (Wildman–Crippen MR) is 59.6 cm³/mol. The van der Waals surface area contributed by atoms with Gasteiger partial charge in [-0.15, -0.1) is 0 Å². The van der Waals surface area contributed by atoms with Crippen molar-refractivity contribution in [1.29, 1.82) is 0 Å². The van der Waals surface area contributed by atoms with Crippen molar-refractivity contribution in [2.75, 3.05) is 6.54 Å². The van der Waals surface area contributed by atoms with Crippen LogP contribution in [0.2, 0.25) is 5.02 Å². The minimum Gasteiger partial charge on any atom is -0.385 e. The average Bonchev–Trinajstić information content (AvgIpc) is 2.59. The van der Waals surface area contributed by atoms with Crippen LogP contribution >= 0.6 is 11.6 Å². The van der Waals surface area contributed by atoms with Gasteiger partial charge in [-0.25, -0.2) is 4.99 Å².